The maximum Gasteiger partial charge on any atom is 0.214 e. The Kier molecular flexibility index (Phi) is 6.02. The molecule has 8 nitrogen and oxygen atoms in total. The Morgan fingerprint density at radius 2 is 1.79 bits per heavy atom. The molecule has 1 aliphatic rings. The van der Waals surface area contributed by atoms with E-state index in [9.17, 15) is 0 Å². The van der Waals surface area contributed by atoms with Crippen LogP contribution in [0.1, 0.15) is 23.0 Å². The van der Waals surface area contributed by atoms with E-state index in [0.29, 0.717) is 18.0 Å². The van der Waals surface area contributed by atoms with Gasteiger partial charge in [0.1, 0.15) is 13.1 Å². The lowest BCUT2D eigenvalue weighted by atomic mass is 10.0. The van der Waals surface area contributed by atoms with E-state index in [4.69, 9.17) is 14.2 Å². The summed E-state index contributed by atoms with van der Waals surface area (Å²) >= 11 is 0. The van der Waals surface area contributed by atoms with Gasteiger partial charge >= 0.3 is 0 Å². The standard InChI is InChI=1S/C21H25N5O3/c1-27-18-9-8-17(14-19(18)28-2)20(25-10-12-29-13-11-25)21-22-23-24-26(21)15-16-6-4-3-5-7-16/h3-9,14,20H,10-13,15H2,1-2H3/p+1/t20-/m0/s1. The highest BCUT2D eigenvalue weighted by Crippen LogP contribution is 2.31. The van der Waals surface area contributed by atoms with Crippen LogP contribution < -0.4 is 14.4 Å². The van der Waals surface area contributed by atoms with Crippen LogP contribution in [0.4, 0.5) is 0 Å². The highest BCUT2D eigenvalue weighted by molar-refractivity contribution is 5.44. The molecular weight excluding hydrogens is 370 g/mol. The average Bonchev–Trinajstić information content (AvgIpc) is 3.23. The van der Waals surface area contributed by atoms with Crippen molar-refractivity contribution < 1.29 is 19.1 Å². The number of methoxy groups -OCH3 is 2. The number of hydrogen-bond donors (Lipinski definition) is 1. The van der Waals surface area contributed by atoms with Crippen LogP contribution in [0.15, 0.2) is 48.5 Å². The van der Waals surface area contributed by atoms with Gasteiger partial charge in [-0.3, -0.25) is 0 Å². The lowest BCUT2D eigenvalue weighted by Gasteiger charge is -2.31. The summed E-state index contributed by atoms with van der Waals surface area (Å²) in [4.78, 5) is 1.37. The predicted octanol–water partition coefficient (Wildman–Crippen LogP) is 0.743. The number of benzene rings is 2. The molecule has 1 atom stereocenters. The van der Waals surface area contributed by atoms with E-state index in [1.165, 1.54) is 4.90 Å². The lowest BCUT2D eigenvalue weighted by Crippen LogP contribution is -3.14. The number of quaternary nitrogens is 1. The summed E-state index contributed by atoms with van der Waals surface area (Å²) < 4.78 is 18.4. The second kappa shape index (κ2) is 9.02. The number of tetrazole rings is 1. The van der Waals surface area contributed by atoms with Crippen LogP contribution in [0.5, 0.6) is 11.5 Å². The largest absolute Gasteiger partial charge is 0.493 e. The molecule has 1 N–H and O–H groups in total. The summed E-state index contributed by atoms with van der Waals surface area (Å²) in [5, 5.41) is 12.7. The van der Waals surface area contributed by atoms with Gasteiger partial charge < -0.3 is 19.1 Å². The molecule has 2 heterocycles. The van der Waals surface area contributed by atoms with Crippen LogP contribution in [-0.4, -0.2) is 60.7 Å². The molecule has 29 heavy (non-hydrogen) atoms. The Balaban J connectivity index is 1.73. The monoisotopic (exact) mass is 396 g/mol. The lowest BCUT2D eigenvalue weighted by molar-refractivity contribution is -0.933. The van der Waals surface area contributed by atoms with Crippen molar-refractivity contribution in [3.05, 3.63) is 65.5 Å². The molecule has 1 aliphatic heterocycles. The molecule has 0 unspecified atom stereocenters. The van der Waals surface area contributed by atoms with Crippen LogP contribution in [0.25, 0.3) is 0 Å². The van der Waals surface area contributed by atoms with E-state index in [1.54, 1.807) is 14.2 Å². The zero-order valence-electron chi connectivity index (χ0n) is 16.7. The minimum absolute atomic E-state index is 0.0302. The molecule has 1 saturated heterocycles. The molecule has 0 radical (unpaired) electrons. The molecule has 152 valence electrons. The van der Waals surface area contributed by atoms with Crippen LogP contribution in [0.2, 0.25) is 0 Å². The highest BCUT2D eigenvalue weighted by Gasteiger charge is 2.33. The van der Waals surface area contributed by atoms with Crippen molar-refractivity contribution >= 4 is 0 Å². The maximum atomic E-state index is 5.59. The summed E-state index contributed by atoms with van der Waals surface area (Å²) in [5.74, 6) is 2.23. The summed E-state index contributed by atoms with van der Waals surface area (Å²) in [7, 11) is 3.29. The van der Waals surface area contributed by atoms with Crippen molar-refractivity contribution in [1.29, 1.82) is 0 Å². The molecule has 3 aromatic rings. The number of ether oxygens (including phenoxy) is 3. The van der Waals surface area contributed by atoms with Gasteiger partial charge in [0.15, 0.2) is 17.5 Å². The van der Waals surface area contributed by atoms with Crippen LogP contribution in [0.3, 0.4) is 0 Å². The van der Waals surface area contributed by atoms with Crippen molar-refractivity contribution in [2.75, 3.05) is 40.5 Å². The smallest absolute Gasteiger partial charge is 0.214 e. The number of morpholine rings is 1. The summed E-state index contributed by atoms with van der Waals surface area (Å²) in [6, 6.07) is 16.2. The number of hydrogen-bond acceptors (Lipinski definition) is 6. The molecule has 1 aromatic heterocycles. The summed E-state index contributed by atoms with van der Waals surface area (Å²) in [6.07, 6.45) is 0. The fourth-order valence-electron chi connectivity index (χ4n) is 3.81. The third-order valence-electron chi connectivity index (χ3n) is 5.28. The fourth-order valence-corrected chi connectivity index (χ4v) is 3.81. The molecule has 0 amide bonds. The Bertz CT molecular complexity index is 925. The Morgan fingerprint density at radius 1 is 1.03 bits per heavy atom. The van der Waals surface area contributed by atoms with Gasteiger partial charge in [0.25, 0.3) is 0 Å². The van der Waals surface area contributed by atoms with Crippen LogP contribution in [0, 0.1) is 0 Å². The molecule has 2 aromatic carbocycles. The molecule has 0 bridgehead atoms. The van der Waals surface area contributed by atoms with Gasteiger partial charge in [0.05, 0.1) is 34.0 Å². The third kappa shape index (κ3) is 4.23. The number of aromatic nitrogens is 4. The average molecular weight is 396 g/mol. The molecular formula is C21H26N5O3+. The van der Waals surface area contributed by atoms with Crippen LogP contribution >= 0.6 is 0 Å². The fraction of sp³-hybridized carbons (Fsp3) is 0.381. The first-order valence-corrected chi connectivity index (χ1v) is 9.74. The van der Waals surface area contributed by atoms with E-state index in [1.807, 2.05) is 35.0 Å². The van der Waals surface area contributed by atoms with Crippen molar-refractivity contribution in [2.24, 2.45) is 0 Å². The van der Waals surface area contributed by atoms with E-state index in [-0.39, 0.29) is 6.04 Å². The van der Waals surface area contributed by atoms with Crippen molar-refractivity contribution in [3.8, 4) is 11.5 Å². The molecule has 0 saturated carbocycles. The van der Waals surface area contributed by atoms with Gasteiger partial charge in [-0.25, -0.2) is 4.68 Å². The van der Waals surface area contributed by atoms with Gasteiger partial charge in [-0.05, 0) is 34.2 Å². The maximum absolute atomic E-state index is 5.59. The molecule has 1 fully saturated rings. The van der Waals surface area contributed by atoms with Gasteiger partial charge in [-0.15, -0.1) is 5.10 Å². The summed E-state index contributed by atoms with van der Waals surface area (Å²) in [5.41, 5.74) is 2.24. The van der Waals surface area contributed by atoms with Gasteiger partial charge in [-0.2, -0.15) is 0 Å². The zero-order valence-corrected chi connectivity index (χ0v) is 16.7. The molecule has 0 spiro atoms. The second-order valence-electron chi connectivity index (χ2n) is 7.00. The Labute approximate surface area is 170 Å². The first-order valence-electron chi connectivity index (χ1n) is 9.74. The van der Waals surface area contributed by atoms with Gasteiger partial charge in [0, 0.05) is 5.56 Å². The third-order valence-corrected chi connectivity index (χ3v) is 5.28. The molecule has 8 heteroatoms. The van der Waals surface area contributed by atoms with Gasteiger partial charge in [0.2, 0.25) is 5.82 Å². The van der Waals surface area contributed by atoms with Crippen molar-refractivity contribution in [1.82, 2.24) is 20.2 Å². The van der Waals surface area contributed by atoms with Gasteiger partial charge in [-0.1, -0.05) is 30.3 Å². The van der Waals surface area contributed by atoms with E-state index in [0.717, 1.165) is 43.3 Å². The van der Waals surface area contributed by atoms with Crippen LogP contribution in [-0.2, 0) is 11.3 Å². The number of nitrogens with zero attached hydrogens (tertiary/aromatic N) is 4. The summed E-state index contributed by atoms with van der Waals surface area (Å²) in [6.45, 7) is 3.84. The van der Waals surface area contributed by atoms with E-state index >= 15 is 0 Å². The topological polar surface area (TPSA) is 75.7 Å². The normalized spacial score (nSPS) is 15.8. The molecule has 4 rings (SSSR count). The minimum Gasteiger partial charge on any atom is -0.493 e. The second-order valence-corrected chi connectivity index (χ2v) is 7.00. The predicted molar refractivity (Wildman–Crippen MR) is 106 cm³/mol. The first kappa shape index (κ1) is 19.4. The molecule has 0 aliphatic carbocycles. The van der Waals surface area contributed by atoms with E-state index in [2.05, 4.69) is 33.7 Å². The highest BCUT2D eigenvalue weighted by atomic mass is 16.5. The first-order chi connectivity index (χ1) is 14.3. The van der Waals surface area contributed by atoms with Crippen molar-refractivity contribution in [3.63, 3.8) is 0 Å². The minimum atomic E-state index is -0.0302. The number of rotatable bonds is 7. The number of nitrogens with one attached hydrogen (secondary N) is 1. The SMILES string of the molecule is COc1ccc([C@@H](c2nnnn2Cc2ccccc2)[NH+]2CCOCC2)cc1OC. The van der Waals surface area contributed by atoms with Crippen molar-refractivity contribution in [2.45, 2.75) is 12.6 Å². The Morgan fingerprint density at radius 3 is 2.52 bits per heavy atom. The van der Waals surface area contributed by atoms with E-state index < -0.39 is 0 Å². The zero-order chi connectivity index (χ0) is 20.1. The Hall–Kier alpha value is -2.97. The quantitative estimate of drug-likeness (QED) is 0.635.